The molecule has 0 spiro atoms. The molecule has 3 aliphatic rings. The fourth-order valence-corrected chi connectivity index (χ4v) is 4.33. The van der Waals surface area contributed by atoms with Gasteiger partial charge in [0.15, 0.2) is 0 Å². The summed E-state index contributed by atoms with van der Waals surface area (Å²) in [6.45, 7) is 1.76. The number of likely N-dealkylation sites (tertiary alicyclic amines) is 1. The Kier molecular flexibility index (Phi) is 4.25. The third-order valence-corrected chi connectivity index (χ3v) is 5.68. The van der Waals surface area contributed by atoms with Gasteiger partial charge in [0.2, 0.25) is 0 Å². The lowest BCUT2D eigenvalue weighted by Crippen LogP contribution is -2.50. The molecule has 124 valence electrons. The van der Waals surface area contributed by atoms with Gasteiger partial charge in [-0.3, -0.25) is 0 Å². The Morgan fingerprint density at radius 2 is 1.91 bits per heavy atom. The Morgan fingerprint density at radius 3 is 2.57 bits per heavy atom. The van der Waals surface area contributed by atoms with Crippen molar-refractivity contribution in [2.45, 2.75) is 56.8 Å². The van der Waals surface area contributed by atoms with Gasteiger partial charge in [0.1, 0.15) is 0 Å². The molecule has 2 amide bonds. The van der Waals surface area contributed by atoms with Crippen LogP contribution >= 0.6 is 0 Å². The first-order valence-corrected chi connectivity index (χ1v) is 9.03. The van der Waals surface area contributed by atoms with E-state index in [1.165, 1.54) is 12.0 Å². The first-order valence-electron chi connectivity index (χ1n) is 9.03. The summed E-state index contributed by atoms with van der Waals surface area (Å²) in [7, 11) is 0. The number of amides is 2. The average Bonchev–Trinajstić information content (AvgIpc) is 3.19. The van der Waals surface area contributed by atoms with Gasteiger partial charge in [-0.25, -0.2) is 4.79 Å². The number of carbonyl (C=O) groups excluding carboxylic acids is 1. The number of hydrogen-bond acceptors (Lipinski definition) is 2. The molecule has 0 aromatic heterocycles. The SMILES string of the molecule is O=C(NC1CC2CCC1O2)N1CCC(Cc2ccccc2)CC1. The minimum Gasteiger partial charge on any atom is -0.373 e. The van der Waals surface area contributed by atoms with E-state index in [4.69, 9.17) is 4.74 Å². The van der Waals surface area contributed by atoms with E-state index in [1.807, 2.05) is 4.90 Å². The van der Waals surface area contributed by atoms with E-state index in [1.54, 1.807) is 0 Å². The third-order valence-electron chi connectivity index (χ3n) is 5.68. The van der Waals surface area contributed by atoms with Crippen molar-refractivity contribution in [2.75, 3.05) is 13.1 Å². The molecular weight excluding hydrogens is 288 g/mol. The molecule has 23 heavy (non-hydrogen) atoms. The third kappa shape index (κ3) is 3.37. The van der Waals surface area contributed by atoms with Crippen molar-refractivity contribution in [3.8, 4) is 0 Å². The minimum absolute atomic E-state index is 0.115. The molecule has 4 rings (SSSR count). The van der Waals surface area contributed by atoms with Crippen molar-refractivity contribution < 1.29 is 9.53 Å². The second-order valence-electron chi connectivity index (χ2n) is 7.29. The van der Waals surface area contributed by atoms with Crippen LogP contribution in [0.15, 0.2) is 30.3 Å². The molecule has 3 aliphatic heterocycles. The predicted molar refractivity (Wildman–Crippen MR) is 89.3 cm³/mol. The molecule has 0 aliphatic carbocycles. The standard InChI is InChI=1S/C19H26N2O2/c22-19(20-17-13-16-6-7-18(17)23-16)21-10-8-15(9-11-21)12-14-4-2-1-3-5-14/h1-5,15-18H,6-13H2,(H,20,22). The number of piperidine rings is 1. The molecule has 3 heterocycles. The highest BCUT2D eigenvalue weighted by molar-refractivity contribution is 5.74. The number of nitrogens with one attached hydrogen (secondary N) is 1. The van der Waals surface area contributed by atoms with Crippen LogP contribution in [-0.2, 0) is 11.2 Å². The van der Waals surface area contributed by atoms with E-state index in [2.05, 4.69) is 35.6 Å². The first-order chi connectivity index (χ1) is 11.3. The molecular formula is C19H26N2O2. The summed E-state index contributed by atoms with van der Waals surface area (Å²) in [5.74, 6) is 0.701. The molecule has 3 fully saturated rings. The van der Waals surface area contributed by atoms with E-state index in [0.29, 0.717) is 12.0 Å². The molecule has 0 saturated carbocycles. The summed E-state index contributed by atoms with van der Waals surface area (Å²) in [6, 6.07) is 11.0. The van der Waals surface area contributed by atoms with Gasteiger partial charge < -0.3 is 15.0 Å². The maximum Gasteiger partial charge on any atom is 0.317 e. The fraction of sp³-hybridized carbons (Fsp3) is 0.632. The summed E-state index contributed by atoms with van der Waals surface area (Å²) in [5, 5.41) is 3.21. The number of fused-ring (bicyclic) bond motifs is 2. The summed E-state index contributed by atoms with van der Waals surface area (Å²) in [6.07, 6.45) is 7.28. The Bertz CT molecular complexity index is 540. The van der Waals surface area contributed by atoms with Crippen molar-refractivity contribution in [1.82, 2.24) is 10.2 Å². The first kappa shape index (κ1) is 15.0. The molecule has 1 aromatic rings. The Hall–Kier alpha value is -1.55. The van der Waals surface area contributed by atoms with Crippen molar-refractivity contribution in [3.63, 3.8) is 0 Å². The van der Waals surface area contributed by atoms with Crippen LogP contribution in [0.5, 0.6) is 0 Å². The Balaban J connectivity index is 1.24. The van der Waals surface area contributed by atoms with Gasteiger partial charge in [-0.05, 0) is 50.0 Å². The molecule has 3 atom stereocenters. The molecule has 3 unspecified atom stereocenters. The maximum absolute atomic E-state index is 12.5. The van der Waals surface area contributed by atoms with E-state index in [0.717, 1.165) is 45.2 Å². The second-order valence-corrected chi connectivity index (χ2v) is 7.29. The van der Waals surface area contributed by atoms with Gasteiger partial charge >= 0.3 is 6.03 Å². The molecule has 1 N–H and O–H groups in total. The summed E-state index contributed by atoms with van der Waals surface area (Å²) < 4.78 is 5.82. The van der Waals surface area contributed by atoms with Crippen molar-refractivity contribution >= 4 is 6.03 Å². The highest BCUT2D eigenvalue weighted by Gasteiger charge is 2.42. The normalized spacial score (nSPS) is 30.6. The zero-order valence-electron chi connectivity index (χ0n) is 13.6. The zero-order valence-corrected chi connectivity index (χ0v) is 13.6. The van der Waals surface area contributed by atoms with Crippen molar-refractivity contribution in [3.05, 3.63) is 35.9 Å². The molecule has 0 radical (unpaired) electrons. The minimum atomic E-state index is 0.115. The van der Waals surface area contributed by atoms with Crippen LogP contribution in [-0.4, -0.2) is 42.3 Å². The molecule has 2 bridgehead atoms. The zero-order chi connectivity index (χ0) is 15.6. The van der Waals surface area contributed by atoms with Crippen LogP contribution < -0.4 is 5.32 Å². The Morgan fingerprint density at radius 1 is 1.13 bits per heavy atom. The smallest absolute Gasteiger partial charge is 0.317 e. The highest BCUT2D eigenvalue weighted by Crippen LogP contribution is 2.34. The molecule has 1 aromatic carbocycles. The second kappa shape index (κ2) is 6.52. The van der Waals surface area contributed by atoms with Crippen LogP contribution in [0.25, 0.3) is 0 Å². The van der Waals surface area contributed by atoms with E-state index in [-0.39, 0.29) is 18.2 Å². The van der Waals surface area contributed by atoms with Crippen molar-refractivity contribution in [2.24, 2.45) is 5.92 Å². The number of ether oxygens (including phenoxy) is 1. The number of rotatable bonds is 3. The summed E-state index contributed by atoms with van der Waals surface area (Å²) >= 11 is 0. The number of hydrogen-bond donors (Lipinski definition) is 1. The van der Waals surface area contributed by atoms with Crippen LogP contribution in [0.1, 0.15) is 37.7 Å². The van der Waals surface area contributed by atoms with Crippen LogP contribution in [0.4, 0.5) is 4.79 Å². The topological polar surface area (TPSA) is 41.6 Å². The molecule has 4 nitrogen and oxygen atoms in total. The van der Waals surface area contributed by atoms with Crippen LogP contribution in [0.2, 0.25) is 0 Å². The Labute approximate surface area is 138 Å². The number of urea groups is 1. The quantitative estimate of drug-likeness (QED) is 0.932. The van der Waals surface area contributed by atoms with Gasteiger partial charge in [0.25, 0.3) is 0 Å². The monoisotopic (exact) mass is 314 g/mol. The lowest BCUT2D eigenvalue weighted by Gasteiger charge is -2.33. The maximum atomic E-state index is 12.5. The van der Waals surface area contributed by atoms with Crippen molar-refractivity contribution in [1.29, 1.82) is 0 Å². The average molecular weight is 314 g/mol. The lowest BCUT2D eigenvalue weighted by molar-refractivity contribution is 0.0963. The number of carbonyl (C=O) groups is 1. The van der Waals surface area contributed by atoms with E-state index < -0.39 is 0 Å². The number of nitrogens with zero attached hydrogens (tertiary/aromatic N) is 1. The van der Waals surface area contributed by atoms with Gasteiger partial charge in [0, 0.05) is 13.1 Å². The number of benzene rings is 1. The molecule has 4 heteroatoms. The largest absolute Gasteiger partial charge is 0.373 e. The van der Waals surface area contributed by atoms with Gasteiger partial charge in [-0.2, -0.15) is 0 Å². The lowest BCUT2D eigenvalue weighted by atomic mass is 9.90. The van der Waals surface area contributed by atoms with E-state index in [9.17, 15) is 4.79 Å². The van der Waals surface area contributed by atoms with Crippen LogP contribution in [0, 0.1) is 5.92 Å². The van der Waals surface area contributed by atoms with E-state index >= 15 is 0 Å². The fourth-order valence-electron chi connectivity index (χ4n) is 4.33. The summed E-state index contributed by atoms with van der Waals surface area (Å²) in [5.41, 5.74) is 1.41. The van der Waals surface area contributed by atoms with Gasteiger partial charge in [0.05, 0.1) is 18.2 Å². The predicted octanol–water partition coefficient (Wildman–Crippen LogP) is 2.97. The van der Waals surface area contributed by atoms with Crippen LogP contribution in [0.3, 0.4) is 0 Å². The molecule has 3 saturated heterocycles. The highest BCUT2D eigenvalue weighted by atomic mass is 16.5. The summed E-state index contributed by atoms with van der Waals surface area (Å²) in [4.78, 5) is 14.4. The van der Waals surface area contributed by atoms with Gasteiger partial charge in [-0.1, -0.05) is 30.3 Å². The van der Waals surface area contributed by atoms with Gasteiger partial charge in [-0.15, -0.1) is 0 Å².